The molecule has 0 unspecified atom stereocenters. The highest BCUT2D eigenvalue weighted by atomic mass is 15.0. The first-order chi connectivity index (χ1) is 14.9. The van der Waals surface area contributed by atoms with Crippen LogP contribution in [0.4, 0.5) is 11.4 Å². The molecule has 5 aromatic rings. The minimum absolute atomic E-state index is 0.158. The van der Waals surface area contributed by atoms with Crippen molar-refractivity contribution in [1.82, 2.24) is 4.57 Å². The van der Waals surface area contributed by atoms with E-state index in [0.717, 1.165) is 11.4 Å². The number of aromatic nitrogens is 1. The van der Waals surface area contributed by atoms with Crippen molar-refractivity contribution in [2.45, 2.75) is 33.1 Å². The lowest BCUT2D eigenvalue weighted by atomic mass is 9.87. The SMILES string of the molecule is Cc1c(Nc2ccc(C(C)(C)C)cc2)cccc1-n1c2ccccc2c2ccccc21. The molecule has 4 aromatic carbocycles. The van der Waals surface area contributed by atoms with Gasteiger partial charge < -0.3 is 9.88 Å². The first-order valence-corrected chi connectivity index (χ1v) is 10.9. The number of anilines is 2. The summed E-state index contributed by atoms with van der Waals surface area (Å²) in [5.41, 5.74) is 8.64. The van der Waals surface area contributed by atoms with Gasteiger partial charge in [-0.05, 0) is 59.9 Å². The Labute approximate surface area is 184 Å². The number of hydrogen-bond acceptors (Lipinski definition) is 1. The minimum atomic E-state index is 0.158. The highest BCUT2D eigenvalue weighted by Gasteiger charge is 2.15. The Morgan fingerprint density at radius 3 is 1.81 bits per heavy atom. The number of nitrogens with zero attached hydrogens (tertiary/aromatic N) is 1. The highest BCUT2D eigenvalue weighted by molar-refractivity contribution is 6.09. The van der Waals surface area contributed by atoms with Crippen LogP contribution in [-0.2, 0) is 5.41 Å². The average Bonchev–Trinajstić information content (AvgIpc) is 3.10. The Bertz CT molecular complexity index is 1330. The van der Waals surface area contributed by atoms with E-state index < -0.39 is 0 Å². The summed E-state index contributed by atoms with van der Waals surface area (Å²) >= 11 is 0. The molecule has 1 N–H and O–H groups in total. The molecule has 1 aromatic heterocycles. The van der Waals surface area contributed by atoms with E-state index in [1.807, 2.05) is 0 Å². The summed E-state index contributed by atoms with van der Waals surface area (Å²) in [6.45, 7) is 8.93. The number of para-hydroxylation sites is 2. The quantitative estimate of drug-likeness (QED) is 0.321. The van der Waals surface area contributed by atoms with Gasteiger partial charge in [0.2, 0.25) is 0 Å². The van der Waals surface area contributed by atoms with Crippen molar-refractivity contribution >= 4 is 33.2 Å². The van der Waals surface area contributed by atoms with Crippen LogP contribution in [0.5, 0.6) is 0 Å². The fourth-order valence-corrected chi connectivity index (χ4v) is 4.39. The van der Waals surface area contributed by atoms with Crippen molar-refractivity contribution < 1.29 is 0 Å². The van der Waals surface area contributed by atoms with E-state index in [9.17, 15) is 0 Å². The van der Waals surface area contributed by atoms with E-state index in [1.165, 1.54) is 38.6 Å². The van der Waals surface area contributed by atoms with E-state index in [2.05, 4.69) is 129 Å². The normalized spacial score (nSPS) is 11.9. The molecule has 0 bridgehead atoms. The molecule has 31 heavy (non-hydrogen) atoms. The second kappa shape index (κ2) is 7.31. The third-order valence-electron chi connectivity index (χ3n) is 6.16. The van der Waals surface area contributed by atoms with Crippen LogP contribution < -0.4 is 5.32 Å². The Kier molecular flexibility index (Phi) is 4.59. The monoisotopic (exact) mass is 404 g/mol. The Morgan fingerprint density at radius 1 is 0.645 bits per heavy atom. The van der Waals surface area contributed by atoms with Gasteiger partial charge in [0.25, 0.3) is 0 Å². The molecule has 0 saturated heterocycles. The van der Waals surface area contributed by atoms with Gasteiger partial charge in [0.15, 0.2) is 0 Å². The molecule has 5 rings (SSSR count). The van der Waals surface area contributed by atoms with Crippen LogP contribution in [0.1, 0.15) is 31.9 Å². The van der Waals surface area contributed by atoms with Gasteiger partial charge in [0.1, 0.15) is 0 Å². The van der Waals surface area contributed by atoms with Gasteiger partial charge in [0.05, 0.1) is 16.7 Å². The second-order valence-corrected chi connectivity index (χ2v) is 9.27. The van der Waals surface area contributed by atoms with Crippen LogP contribution in [0.15, 0.2) is 91.0 Å². The second-order valence-electron chi connectivity index (χ2n) is 9.27. The lowest BCUT2D eigenvalue weighted by molar-refractivity contribution is 0.590. The summed E-state index contributed by atoms with van der Waals surface area (Å²) < 4.78 is 2.38. The predicted octanol–water partition coefficient (Wildman–Crippen LogP) is 8.13. The number of nitrogens with one attached hydrogen (secondary N) is 1. The molecule has 0 atom stereocenters. The van der Waals surface area contributed by atoms with Crippen LogP contribution >= 0.6 is 0 Å². The molecule has 0 spiro atoms. The summed E-state index contributed by atoms with van der Waals surface area (Å²) in [6.07, 6.45) is 0. The fraction of sp³-hybridized carbons (Fsp3) is 0.172. The van der Waals surface area contributed by atoms with Crippen molar-refractivity contribution in [3.05, 3.63) is 102 Å². The molecule has 154 valence electrons. The Balaban J connectivity index is 1.61. The third-order valence-corrected chi connectivity index (χ3v) is 6.16. The van der Waals surface area contributed by atoms with E-state index in [4.69, 9.17) is 0 Å². The predicted molar refractivity (Wildman–Crippen MR) is 134 cm³/mol. The first-order valence-electron chi connectivity index (χ1n) is 10.9. The van der Waals surface area contributed by atoms with Gasteiger partial charge in [-0.1, -0.05) is 75.4 Å². The zero-order valence-electron chi connectivity index (χ0n) is 18.6. The van der Waals surface area contributed by atoms with Crippen LogP contribution in [0, 0.1) is 6.92 Å². The zero-order valence-corrected chi connectivity index (χ0v) is 18.6. The maximum Gasteiger partial charge on any atom is 0.0541 e. The third kappa shape index (κ3) is 3.38. The van der Waals surface area contributed by atoms with E-state index in [0.29, 0.717) is 0 Å². The van der Waals surface area contributed by atoms with Crippen molar-refractivity contribution in [3.8, 4) is 5.69 Å². The molecular weight excluding hydrogens is 376 g/mol. The summed E-state index contributed by atoms with van der Waals surface area (Å²) in [6, 6.07) is 32.6. The number of fused-ring (bicyclic) bond motifs is 3. The van der Waals surface area contributed by atoms with Crippen molar-refractivity contribution in [2.75, 3.05) is 5.32 Å². The molecule has 2 heteroatoms. The summed E-state index contributed by atoms with van der Waals surface area (Å²) in [5.74, 6) is 0. The minimum Gasteiger partial charge on any atom is -0.355 e. The van der Waals surface area contributed by atoms with Crippen LogP contribution in [0.25, 0.3) is 27.5 Å². The topological polar surface area (TPSA) is 17.0 Å². The van der Waals surface area contributed by atoms with Gasteiger partial charge >= 0.3 is 0 Å². The summed E-state index contributed by atoms with van der Waals surface area (Å²) in [5, 5.41) is 6.21. The maximum absolute atomic E-state index is 3.64. The number of hydrogen-bond donors (Lipinski definition) is 1. The molecule has 2 nitrogen and oxygen atoms in total. The maximum atomic E-state index is 3.64. The van der Waals surface area contributed by atoms with E-state index in [1.54, 1.807) is 0 Å². The molecular formula is C29H28N2. The molecule has 0 aliphatic heterocycles. The molecule has 1 heterocycles. The lowest BCUT2D eigenvalue weighted by Crippen LogP contribution is -2.10. The summed E-state index contributed by atoms with van der Waals surface area (Å²) in [7, 11) is 0. The van der Waals surface area contributed by atoms with Gasteiger partial charge in [-0.2, -0.15) is 0 Å². The smallest absolute Gasteiger partial charge is 0.0541 e. The number of benzene rings is 4. The van der Waals surface area contributed by atoms with Crippen molar-refractivity contribution in [3.63, 3.8) is 0 Å². The van der Waals surface area contributed by atoms with Crippen LogP contribution in [0.2, 0.25) is 0 Å². The molecule has 0 radical (unpaired) electrons. The van der Waals surface area contributed by atoms with Gasteiger partial charge in [0, 0.05) is 22.1 Å². The van der Waals surface area contributed by atoms with Gasteiger partial charge in [-0.25, -0.2) is 0 Å². The molecule has 0 aliphatic rings. The van der Waals surface area contributed by atoms with Crippen LogP contribution in [-0.4, -0.2) is 4.57 Å². The van der Waals surface area contributed by atoms with Crippen molar-refractivity contribution in [1.29, 1.82) is 0 Å². The van der Waals surface area contributed by atoms with Crippen LogP contribution in [0.3, 0.4) is 0 Å². The van der Waals surface area contributed by atoms with Crippen molar-refractivity contribution in [2.24, 2.45) is 0 Å². The lowest BCUT2D eigenvalue weighted by Gasteiger charge is -2.20. The Morgan fingerprint density at radius 2 is 1.23 bits per heavy atom. The van der Waals surface area contributed by atoms with E-state index in [-0.39, 0.29) is 5.41 Å². The van der Waals surface area contributed by atoms with E-state index >= 15 is 0 Å². The molecule has 0 amide bonds. The zero-order chi connectivity index (χ0) is 21.6. The number of rotatable bonds is 3. The largest absolute Gasteiger partial charge is 0.355 e. The molecule has 0 saturated carbocycles. The fourth-order valence-electron chi connectivity index (χ4n) is 4.39. The Hall–Kier alpha value is -3.52. The molecule has 0 aliphatic carbocycles. The standard InChI is InChI=1S/C29H28N2/c1-20-25(30-22-18-16-21(17-19-22)29(2,3)4)12-9-15-26(20)31-27-13-7-5-10-23(27)24-11-6-8-14-28(24)31/h5-19,30H,1-4H3. The van der Waals surface area contributed by atoms with Gasteiger partial charge in [-0.15, -0.1) is 0 Å². The highest BCUT2D eigenvalue weighted by Crippen LogP contribution is 2.35. The average molecular weight is 405 g/mol. The summed E-state index contributed by atoms with van der Waals surface area (Å²) in [4.78, 5) is 0. The van der Waals surface area contributed by atoms with Gasteiger partial charge in [-0.3, -0.25) is 0 Å². The molecule has 0 fully saturated rings. The first kappa shape index (κ1) is 19.4.